The molecule has 0 aromatic carbocycles. The van der Waals surface area contributed by atoms with E-state index in [4.69, 9.17) is 4.74 Å². The van der Waals surface area contributed by atoms with E-state index in [2.05, 4.69) is 27.7 Å². The van der Waals surface area contributed by atoms with Crippen molar-refractivity contribution in [3.05, 3.63) is 0 Å². The van der Waals surface area contributed by atoms with E-state index >= 15 is 0 Å². The molecular weight excluding hydrogens is 248 g/mol. The van der Waals surface area contributed by atoms with Gasteiger partial charge in [0, 0.05) is 0 Å². The zero-order chi connectivity index (χ0) is 14.8. The van der Waals surface area contributed by atoms with Gasteiger partial charge in [-0.25, -0.2) is 0 Å². The van der Waals surface area contributed by atoms with Crippen molar-refractivity contribution in [1.29, 1.82) is 0 Å². The smallest absolute Gasteiger partial charge is 0.158 e. The first-order valence-electron chi connectivity index (χ1n) is 8.37. The Morgan fingerprint density at radius 2 is 1.75 bits per heavy atom. The van der Waals surface area contributed by atoms with Crippen molar-refractivity contribution in [3.8, 4) is 0 Å². The fraction of sp³-hybridized carbons (Fsp3) is 0.944. The van der Waals surface area contributed by atoms with Crippen molar-refractivity contribution in [3.63, 3.8) is 0 Å². The van der Waals surface area contributed by atoms with Crippen LogP contribution in [0.2, 0.25) is 0 Å². The summed E-state index contributed by atoms with van der Waals surface area (Å²) in [5, 5.41) is 0. The monoisotopic (exact) mass is 278 g/mol. The van der Waals surface area contributed by atoms with Crippen LogP contribution in [0.5, 0.6) is 0 Å². The summed E-state index contributed by atoms with van der Waals surface area (Å²) in [4.78, 5) is 11.8. The van der Waals surface area contributed by atoms with Crippen LogP contribution in [-0.2, 0) is 9.53 Å². The Balaban J connectivity index is 1.95. The van der Waals surface area contributed by atoms with E-state index in [9.17, 15) is 4.79 Å². The molecule has 0 aromatic rings. The van der Waals surface area contributed by atoms with E-state index in [1.54, 1.807) is 6.92 Å². The maximum Gasteiger partial charge on any atom is 0.158 e. The van der Waals surface area contributed by atoms with Crippen molar-refractivity contribution < 1.29 is 9.53 Å². The van der Waals surface area contributed by atoms with Crippen molar-refractivity contribution in [1.82, 2.24) is 0 Å². The zero-order valence-electron chi connectivity index (χ0n) is 13.8. The van der Waals surface area contributed by atoms with Crippen LogP contribution in [0.1, 0.15) is 73.1 Å². The van der Waals surface area contributed by atoms with Gasteiger partial charge in [-0.15, -0.1) is 0 Å². The maximum absolute atomic E-state index is 11.8. The van der Waals surface area contributed by atoms with Crippen LogP contribution in [0.25, 0.3) is 0 Å². The number of hydrogen-bond donors (Lipinski definition) is 0. The largest absolute Gasteiger partial charge is 0.364 e. The lowest BCUT2D eigenvalue weighted by molar-refractivity contribution is -0.160. The van der Waals surface area contributed by atoms with Crippen LogP contribution in [0.15, 0.2) is 0 Å². The third kappa shape index (κ3) is 1.90. The summed E-state index contributed by atoms with van der Waals surface area (Å²) in [6.07, 6.45) is 7.20. The van der Waals surface area contributed by atoms with Gasteiger partial charge < -0.3 is 4.74 Å². The molecule has 3 fully saturated rings. The summed E-state index contributed by atoms with van der Waals surface area (Å²) < 4.78 is 6.25. The molecule has 1 heterocycles. The fourth-order valence-electron chi connectivity index (χ4n) is 6.10. The molecule has 3 rings (SSSR count). The van der Waals surface area contributed by atoms with E-state index in [-0.39, 0.29) is 17.5 Å². The molecule has 2 unspecified atom stereocenters. The molecule has 2 nitrogen and oxygen atoms in total. The first-order chi connectivity index (χ1) is 9.19. The van der Waals surface area contributed by atoms with Crippen molar-refractivity contribution in [2.24, 2.45) is 22.7 Å². The molecule has 0 N–H and O–H groups in total. The number of hydrogen-bond acceptors (Lipinski definition) is 2. The predicted molar refractivity (Wildman–Crippen MR) is 80.5 cm³/mol. The molecule has 1 saturated heterocycles. The molecule has 114 valence electrons. The van der Waals surface area contributed by atoms with Gasteiger partial charge in [0.15, 0.2) is 5.78 Å². The zero-order valence-corrected chi connectivity index (χ0v) is 13.8. The molecule has 0 bridgehead atoms. The molecule has 0 aromatic heterocycles. The van der Waals surface area contributed by atoms with E-state index in [0.717, 1.165) is 18.8 Å². The Kier molecular flexibility index (Phi) is 3.14. The summed E-state index contributed by atoms with van der Waals surface area (Å²) in [6, 6.07) is 0. The highest BCUT2D eigenvalue weighted by molar-refractivity contribution is 5.80. The van der Waals surface area contributed by atoms with Crippen molar-refractivity contribution in [2.75, 3.05) is 0 Å². The summed E-state index contributed by atoms with van der Waals surface area (Å²) in [5.74, 6) is 1.56. The Morgan fingerprint density at radius 1 is 1.05 bits per heavy atom. The molecule has 20 heavy (non-hydrogen) atoms. The van der Waals surface area contributed by atoms with Crippen LogP contribution >= 0.6 is 0 Å². The van der Waals surface area contributed by atoms with E-state index in [0.29, 0.717) is 16.7 Å². The Bertz CT molecular complexity index is 427. The second-order valence-electron chi connectivity index (χ2n) is 8.76. The van der Waals surface area contributed by atoms with Gasteiger partial charge >= 0.3 is 0 Å². The molecule has 0 radical (unpaired) electrons. The number of Topliss-reactive ketones (excluding diaryl/α,β-unsaturated/α-hetero) is 1. The minimum atomic E-state index is -0.148. The van der Waals surface area contributed by atoms with E-state index in [1.165, 1.54) is 25.7 Å². The fourth-order valence-corrected chi connectivity index (χ4v) is 6.10. The van der Waals surface area contributed by atoms with Gasteiger partial charge in [0.25, 0.3) is 0 Å². The summed E-state index contributed by atoms with van der Waals surface area (Å²) >= 11 is 0. The Morgan fingerprint density at radius 3 is 2.40 bits per heavy atom. The van der Waals surface area contributed by atoms with Crippen molar-refractivity contribution in [2.45, 2.75) is 84.8 Å². The second kappa shape index (κ2) is 4.32. The average Bonchev–Trinajstić information content (AvgIpc) is 2.67. The number of fused-ring (bicyclic) bond motifs is 3. The number of ketones is 1. The normalized spacial score (nSPS) is 50.4. The van der Waals surface area contributed by atoms with Crippen molar-refractivity contribution >= 4 is 5.78 Å². The van der Waals surface area contributed by atoms with Crippen LogP contribution in [0.4, 0.5) is 0 Å². The van der Waals surface area contributed by atoms with Crippen LogP contribution in [0, 0.1) is 22.7 Å². The third-order valence-corrected chi connectivity index (χ3v) is 7.05. The van der Waals surface area contributed by atoms with Crippen LogP contribution in [-0.4, -0.2) is 17.5 Å². The van der Waals surface area contributed by atoms with Gasteiger partial charge in [-0.2, -0.15) is 0 Å². The molecule has 0 amide bonds. The standard InChI is InChI=1S/C18H30O2/c1-12(19)13-11-15-17(4)9-6-8-16(2,3)14(17)7-10-18(15,5)20-13/h13-15H,6-11H2,1-5H3/t13?,14?,15-,17+,18-/m1/s1. The molecule has 3 aliphatic rings. The molecule has 2 saturated carbocycles. The molecule has 0 spiro atoms. The number of rotatable bonds is 1. The minimum absolute atomic E-state index is 0.0605. The lowest BCUT2D eigenvalue weighted by atomic mass is 9.45. The lowest BCUT2D eigenvalue weighted by Crippen LogP contribution is -2.55. The first kappa shape index (κ1) is 14.6. The molecule has 2 aliphatic carbocycles. The molecule has 5 atom stereocenters. The minimum Gasteiger partial charge on any atom is -0.364 e. The van der Waals surface area contributed by atoms with Gasteiger partial charge in [0.2, 0.25) is 0 Å². The van der Waals surface area contributed by atoms with E-state index in [1.807, 2.05) is 0 Å². The summed E-state index contributed by atoms with van der Waals surface area (Å²) in [6.45, 7) is 11.4. The molecule has 1 aliphatic heterocycles. The molecular formula is C18H30O2. The lowest BCUT2D eigenvalue weighted by Gasteiger charge is -2.60. The average molecular weight is 278 g/mol. The first-order valence-corrected chi connectivity index (χ1v) is 8.37. The van der Waals surface area contributed by atoms with Crippen LogP contribution < -0.4 is 0 Å². The molecule has 2 heteroatoms. The Hall–Kier alpha value is -0.370. The topological polar surface area (TPSA) is 26.3 Å². The highest BCUT2D eigenvalue weighted by Gasteiger charge is 2.62. The third-order valence-electron chi connectivity index (χ3n) is 7.05. The Labute approximate surface area is 123 Å². The van der Waals surface area contributed by atoms with Gasteiger partial charge in [-0.1, -0.05) is 27.2 Å². The predicted octanol–water partition coefficient (Wildman–Crippen LogP) is 4.37. The van der Waals surface area contributed by atoms with E-state index < -0.39 is 0 Å². The summed E-state index contributed by atoms with van der Waals surface area (Å²) in [5.41, 5.74) is 0.747. The maximum atomic E-state index is 11.8. The van der Waals surface area contributed by atoms with Gasteiger partial charge in [-0.05, 0) is 68.6 Å². The second-order valence-corrected chi connectivity index (χ2v) is 8.76. The highest BCUT2D eigenvalue weighted by atomic mass is 16.5. The van der Waals surface area contributed by atoms with Gasteiger partial charge in [0.1, 0.15) is 6.10 Å². The SMILES string of the molecule is CC(=O)C1C[C@H]2[C@@](C)(CCC3C(C)(C)CCC[C@@]32C)O1. The van der Waals surface area contributed by atoms with Gasteiger partial charge in [-0.3, -0.25) is 4.79 Å². The number of ether oxygens (including phenoxy) is 1. The number of carbonyl (C=O) groups excluding carboxylic acids is 1. The highest BCUT2D eigenvalue weighted by Crippen LogP contribution is 2.65. The quantitative estimate of drug-likeness (QED) is 0.712. The van der Waals surface area contributed by atoms with Gasteiger partial charge in [0.05, 0.1) is 5.60 Å². The number of carbonyl (C=O) groups is 1. The summed E-state index contributed by atoms with van der Waals surface area (Å²) in [7, 11) is 0. The van der Waals surface area contributed by atoms with Crippen LogP contribution in [0.3, 0.4) is 0 Å².